The maximum Gasteiger partial charge on any atom is 0.0728 e. The summed E-state index contributed by atoms with van der Waals surface area (Å²) in [5.74, 6) is 0. The summed E-state index contributed by atoms with van der Waals surface area (Å²) < 4.78 is 0. The van der Waals surface area contributed by atoms with Crippen LogP contribution in [0.1, 0.15) is 33.1 Å². The highest BCUT2D eigenvalue weighted by Crippen LogP contribution is 2.14. The van der Waals surface area contributed by atoms with Crippen LogP contribution >= 0.6 is 11.6 Å². The summed E-state index contributed by atoms with van der Waals surface area (Å²) in [6, 6.07) is 0. The quantitative estimate of drug-likeness (QED) is 0.516. The first-order valence-electron chi connectivity index (χ1n) is 4.69. The van der Waals surface area contributed by atoms with Crippen molar-refractivity contribution in [2.24, 2.45) is 0 Å². The molecule has 0 spiro atoms. The Kier molecular flexibility index (Phi) is 7.33. The lowest BCUT2D eigenvalue weighted by Crippen LogP contribution is -2.24. The van der Waals surface area contributed by atoms with Gasteiger partial charge in [-0.1, -0.05) is 12.2 Å². The minimum absolute atomic E-state index is 0.259. The molecule has 0 aliphatic carbocycles. The summed E-state index contributed by atoms with van der Waals surface area (Å²) in [6.07, 6.45) is 4.87. The summed E-state index contributed by atoms with van der Waals surface area (Å²) in [7, 11) is 0. The number of alkyl halides is 1. The summed E-state index contributed by atoms with van der Waals surface area (Å²) >= 11 is 5.92. The first-order chi connectivity index (χ1) is 6.07. The van der Waals surface area contributed by atoms with Crippen LogP contribution in [-0.4, -0.2) is 27.8 Å². The molecule has 2 nitrogen and oxygen atoms in total. The fraction of sp³-hybridized carbons (Fsp3) is 0.800. The highest BCUT2D eigenvalue weighted by Gasteiger charge is 2.17. The van der Waals surface area contributed by atoms with Crippen molar-refractivity contribution in [1.82, 2.24) is 0 Å². The van der Waals surface area contributed by atoms with Crippen LogP contribution in [0.2, 0.25) is 0 Å². The SMILES string of the molecule is CC=CCC[C@@H](Cl)[C@@H](O)C[C@@H](C)O. The van der Waals surface area contributed by atoms with Crippen molar-refractivity contribution in [1.29, 1.82) is 0 Å². The van der Waals surface area contributed by atoms with Gasteiger partial charge in [0.1, 0.15) is 0 Å². The predicted octanol–water partition coefficient (Wildman–Crippen LogP) is 2.08. The number of halogens is 1. The standard InChI is InChI=1S/C10H19ClO2/c1-3-4-5-6-9(11)10(13)7-8(2)12/h3-4,8-10,12-13H,5-7H2,1-2H3/t8-,9-,10+/m1/s1. The molecule has 0 unspecified atom stereocenters. The van der Waals surface area contributed by atoms with Crippen LogP contribution in [0.3, 0.4) is 0 Å². The maximum atomic E-state index is 9.47. The van der Waals surface area contributed by atoms with Crippen molar-refractivity contribution >= 4 is 11.6 Å². The van der Waals surface area contributed by atoms with Gasteiger partial charge in [0.05, 0.1) is 17.6 Å². The average molecular weight is 207 g/mol. The van der Waals surface area contributed by atoms with Crippen LogP contribution in [0.25, 0.3) is 0 Å². The Morgan fingerprint density at radius 1 is 1.38 bits per heavy atom. The first kappa shape index (κ1) is 12.9. The molecule has 0 amide bonds. The molecular weight excluding hydrogens is 188 g/mol. The molecule has 3 atom stereocenters. The zero-order valence-corrected chi connectivity index (χ0v) is 9.04. The van der Waals surface area contributed by atoms with E-state index in [1.54, 1.807) is 6.92 Å². The van der Waals surface area contributed by atoms with E-state index in [1.165, 1.54) is 0 Å². The van der Waals surface area contributed by atoms with E-state index in [1.807, 2.05) is 19.1 Å². The van der Waals surface area contributed by atoms with Gasteiger partial charge in [0, 0.05) is 6.42 Å². The lowest BCUT2D eigenvalue weighted by Gasteiger charge is -2.17. The Morgan fingerprint density at radius 3 is 2.46 bits per heavy atom. The molecule has 0 saturated heterocycles. The molecule has 0 aromatic heterocycles. The van der Waals surface area contributed by atoms with Crippen LogP contribution < -0.4 is 0 Å². The summed E-state index contributed by atoms with van der Waals surface area (Å²) in [5, 5.41) is 18.2. The van der Waals surface area contributed by atoms with Crippen molar-refractivity contribution in [3.05, 3.63) is 12.2 Å². The molecule has 0 heterocycles. The van der Waals surface area contributed by atoms with Gasteiger partial charge in [-0.15, -0.1) is 11.6 Å². The fourth-order valence-corrected chi connectivity index (χ4v) is 1.34. The Balaban J connectivity index is 3.62. The Labute approximate surface area is 85.2 Å². The number of allylic oxidation sites excluding steroid dienone is 2. The minimum atomic E-state index is -0.605. The molecular formula is C10H19ClO2. The largest absolute Gasteiger partial charge is 0.393 e. The molecule has 0 radical (unpaired) electrons. The van der Waals surface area contributed by atoms with E-state index in [9.17, 15) is 5.11 Å². The van der Waals surface area contributed by atoms with Gasteiger partial charge in [-0.25, -0.2) is 0 Å². The molecule has 13 heavy (non-hydrogen) atoms. The second-order valence-corrected chi connectivity index (χ2v) is 3.88. The van der Waals surface area contributed by atoms with Gasteiger partial charge in [-0.05, 0) is 26.7 Å². The lowest BCUT2D eigenvalue weighted by atomic mass is 10.1. The van der Waals surface area contributed by atoms with Crippen LogP contribution in [0.4, 0.5) is 0 Å². The third-order valence-electron chi connectivity index (χ3n) is 1.84. The number of hydrogen-bond donors (Lipinski definition) is 2. The van der Waals surface area contributed by atoms with Crippen LogP contribution in [-0.2, 0) is 0 Å². The molecule has 0 aliphatic rings. The summed E-state index contributed by atoms with van der Waals surface area (Å²) in [4.78, 5) is 0. The monoisotopic (exact) mass is 206 g/mol. The highest BCUT2D eigenvalue weighted by molar-refractivity contribution is 6.21. The van der Waals surface area contributed by atoms with E-state index in [2.05, 4.69) is 0 Å². The minimum Gasteiger partial charge on any atom is -0.393 e. The van der Waals surface area contributed by atoms with Crippen molar-refractivity contribution in [3.63, 3.8) is 0 Å². The van der Waals surface area contributed by atoms with Gasteiger partial charge in [-0.3, -0.25) is 0 Å². The second-order valence-electron chi connectivity index (χ2n) is 3.31. The van der Waals surface area contributed by atoms with Gasteiger partial charge in [0.15, 0.2) is 0 Å². The average Bonchev–Trinajstić information content (AvgIpc) is 2.03. The van der Waals surface area contributed by atoms with E-state index in [-0.39, 0.29) is 5.38 Å². The summed E-state index contributed by atoms with van der Waals surface area (Å²) in [5.41, 5.74) is 0. The smallest absolute Gasteiger partial charge is 0.0728 e. The Morgan fingerprint density at radius 2 is 2.00 bits per heavy atom. The molecule has 0 aromatic carbocycles. The van der Waals surface area contributed by atoms with E-state index in [0.29, 0.717) is 6.42 Å². The number of aliphatic hydroxyl groups excluding tert-OH is 2. The first-order valence-corrected chi connectivity index (χ1v) is 5.13. The Bertz CT molecular complexity index is 146. The van der Waals surface area contributed by atoms with Gasteiger partial charge in [0.25, 0.3) is 0 Å². The molecule has 0 rings (SSSR count). The molecule has 3 heteroatoms. The molecule has 0 saturated carbocycles. The van der Waals surface area contributed by atoms with Crippen LogP contribution in [0.5, 0.6) is 0 Å². The van der Waals surface area contributed by atoms with E-state index in [4.69, 9.17) is 16.7 Å². The highest BCUT2D eigenvalue weighted by atomic mass is 35.5. The van der Waals surface area contributed by atoms with Gasteiger partial charge < -0.3 is 10.2 Å². The lowest BCUT2D eigenvalue weighted by molar-refractivity contribution is 0.0864. The zero-order valence-electron chi connectivity index (χ0n) is 8.28. The maximum absolute atomic E-state index is 9.47. The van der Waals surface area contributed by atoms with E-state index in [0.717, 1.165) is 12.8 Å². The molecule has 0 aromatic rings. The van der Waals surface area contributed by atoms with Crippen LogP contribution in [0.15, 0.2) is 12.2 Å². The molecule has 0 bridgehead atoms. The second kappa shape index (κ2) is 7.36. The van der Waals surface area contributed by atoms with Crippen molar-refractivity contribution in [3.8, 4) is 0 Å². The molecule has 0 fully saturated rings. The van der Waals surface area contributed by atoms with Crippen molar-refractivity contribution < 1.29 is 10.2 Å². The molecule has 78 valence electrons. The number of aliphatic hydroxyl groups is 2. The molecule has 2 N–H and O–H groups in total. The van der Waals surface area contributed by atoms with Gasteiger partial charge in [-0.2, -0.15) is 0 Å². The third-order valence-corrected chi connectivity index (χ3v) is 2.35. The van der Waals surface area contributed by atoms with Crippen molar-refractivity contribution in [2.75, 3.05) is 0 Å². The van der Waals surface area contributed by atoms with E-state index >= 15 is 0 Å². The van der Waals surface area contributed by atoms with Gasteiger partial charge in [0.2, 0.25) is 0 Å². The predicted molar refractivity (Wildman–Crippen MR) is 56.0 cm³/mol. The number of rotatable bonds is 6. The number of hydrogen-bond acceptors (Lipinski definition) is 2. The van der Waals surface area contributed by atoms with Gasteiger partial charge >= 0.3 is 0 Å². The third kappa shape index (κ3) is 7.05. The fourth-order valence-electron chi connectivity index (χ4n) is 1.11. The van der Waals surface area contributed by atoms with E-state index < -0.39 is 12.2 Å². The van der Waals surface area contributed by atoms with Crippen molar-refractivity contribution in [2.45, 2.75) is 50.7 Å². The topological polar surface area (TPSA) is 40.5 Å². The van der Waals surface area contributed by atoms with Crippen LogP contribution in [0, 0.1) is 0 Å². The molecule has 0 aliphatic heterocycles. The normalized spacial score (nSPS) is 18.8. The zero-order chi connectivity index (χ0) is 10.3. The Hall–Kier alpha value is -0.0500. The summed E-state index contributed by atoms with van der Waals surface area (Å²) in [6.45, 7) is 3.61.